The Bertz CT molecular complexity index is 866. The molecular formula is C18H18N4O2. The fourth-order valence-electron chi connectivity index (χ4n) is 3.18. The van der Waals surface area contributed by atoms with Crippen LogP contribution in [-0.4, -0.2) is 39.1 Å². The van der Waals surface area contributed by atoms with Crippen LogP contribution in [0.25, 0.3) is 11.3 Å². The Morgan fingerprint density at radius 3 is 2.75 bits per heavy atom. The van der Waals surface area contributed by atoms with Crippen molar-refractivity contribution in [2.45, 2.75) is 19.8 Å². The molecule has 1 N–H and O–H groups in total. The number of aromatic amines is 1. The molecule has 0 unspecified atom stereocenters. The minimum Gasteiger partial charge on any atom is -0.448 e. The van der Waals surface area contributed by atoms with Crippen molar-refractivity contribution in [1.82, 2.24) is 20.1 Å². The van der Waals surface area contributed by atoms with E-state index in [9.17, 15) is 4.79 Å². The quantitative estimate of drug-likeness (QED) is 0.787. The van der Waals surface area contributed by atoms with E-state index in [1.165, 1.54) is 12.0 Å². The molecule has 0 spiro atoms. The molecule has 2 aromatic heterocycles. The van der Waals surface area contributed by atoms with E-state index in [-0.39, 0.29) is 5.91 Å². The summed E-state index contributed by atoms with van der Waals surface area (Å²) < 4.78 is 5.16. The first-order valence-corrected chi connectivity index (χ1v) is 8.05. The van der Waals surface area contributed by atoms with Crippen LogP contribution in [-0.2, 0) is 12.8 Å². The van der Waals surface area contributed by atoms with E-state index in [0.717, 1.165) is 29.8 Å². The number of fused-ring (bicyclic) bond motifs is 1. The molecule has 1 aliphatic rings. The molecule has 6 heteroatoms. The van der Waals surface area contributed by atoms with Crippen LogP contribution >= 0.6 is 0 Å². The van der Waals surface area contributed by atoms with Gasteiger partial charge < -0.3 is 9.32 Å². The lowest BCUT2D eigenvalue weighted by molar-refractivity contribution is 0.0756. The van der Waals surface area contributed by atoms with Crippen LogP contribution in [0.1, 0.15) is 27.5 Å². The van der Waals surface area contributed by atoms with Gasteiger partial charge >= 0.3 is 0 Å². The molecule has 24 heavy (non-hydrogen) atoms. The van der Waals surface area contributed by atoms with Crippen LogP contribution in [0.15, 0.2) is 41.1 Å². The van der Waals surface area contributed by atoms with E-state index in [4.69, 9.17) is 4.42 Å². The number of nitrogens with one attached hydrogen (secondary N) is 1. The molecule has 3 heterocycles. The number of hydrogen-bond acceptors (Lipinski definition) is 4. The molecule has 4 rings (SSSR count). The summed E-state index contributed by atoms with van der Waals surface area (Å²) in [6.07, 6.45) is 2.86. The van der Waals surface area contributed by atoms with Gasteiger partial charge in [0.15, 0.2) is 12.1 Å². The molecule has 1 amide bonds. The lowest BCUT2D eigenvalue weighted by atomic mass is 10.0. The second-order valence-electron chi connectivity index (χ2n) is 5.94. The van der Waals surface area contributed by atoms with Gasteiger partial charge in [0.2, 0.25) is 0 Å². The number of benzene rings is 1. The fourth-order valence-corrected chi connectivity index (χ4v) is 3.18. The summed E-state index contributed by atoms with van der Waals surface area (Å²) in [5, 5.41) is 7.64. The summed E-state index contributed by atoms with van der Waals surface area (Å²) >= 11 is 0. The van der Waals surface area contributed by atoms with E-state index in [2.05, 4.69) is 27.3 Å². The average molecular weight is 322 g/mol. The summed E-state index contributed by atoms with van der Waals surface area (Å²) in [5.41, 5.74) is 4.80. The van der Waals surface area contributed by atoms with Gasteiger partial charge in [-0.25, -0.2) is 4.98 Å². The van der Waals surface area contributed by atoms with Crippen LogP contribution in [0.2, 0.25) is 0 Å². The van der Waals surface area contributed by atoms with Crippen LogP contribution in [0.4, 0.5) is 0 Å². The zero-order valence-electron chi connectivity index (χ0n) is 13.5. The number of aromatic nitrogens is 3. The van der Waals surface area contributed by atoms with Crippen LogP contribution in [0, 0.1) is 6.92 Å². The molecular weight excluding hydrogens is 304 g/mol. The van der Waals surface area contributed by atoms with Crippen molar-refractivity contribution in [2.75, 3.05) is 13.1 Å². The monoisotopic (exact) mass is 322 g/mol. The molecule has 0 fully saturated rings. The topological polar surface area (TPSA) is 75.0 Å². The lowest BCUT2D eigenvalue weighted by Gasteiger charge is -2.19. The SMILES string of the molecule is Cc1ocnc1C(=O)N1CCc2[nH]nc(-c3ccccc3)c2CC1. The van der Waals surface area contributed by atoms with E-state index in [1.54, 1.807) is 6.92 Å². The predicted octanol–water partition coefficient (Wildman–Crippen LogP) is 2.61. The predicted molar refractivity (Wildman–Crippen MR) is 88.6 cm³/mol. The van der Waals surface area contributed by atoms with Gasteiger partial charge in [-0.3, -0.25) is 9.89 Å². The van der Waals surface area contributed by atoms with E-state index in [0.29, 0.717) is 24.5 Å². The molecule has 0 atom stereocenters. The molecule has 0 saturated heterocycles. The van der Waals surface area contributed by atoms with Gasteiger partial charge in [-0.1, -0.05) is 30.3 Å². The van der Waals surface area contributed by atoms with Crippen molar-refractivity contribution < 1.29 is 9.21 Å². The highest BCUT2D eigenvalue weighted by Crippen LogP contribution is 2.26. The lowest BCUT2D eigenvalue weighted by Crippen LogP contribution is -2.34. The zero-order chi connectivity index (χ0) is 16.5. The van der Waals surface area contributed by atoms with E-state index >= 15 is 0 Å². The third kappa shape index (κ3) is 2.50. The third-order valence-corrected chi connectivity index (χ3v) is 4.50. The highest BCUT2D eigenvalue weighted by Gasteiger charge is 2.25. The largest absolute Gasteiger partial charge is 0.448 e. The van der Waals surface area contributed by atoms with Crippen LogP contribution < -0.4 is 0 Å². The van der Waals surface area contributed by atoms with Gasteiger partial charge in [-0.15, -0.1) is 0 Å². The van der Waals surface area contributed by atoms with Crippen molar-refractivity contribution >= 4 is 5.91 Å². The van der Waals surface area contributed by atoms with Gasteiger partial charge in [-0.05, 0) is 13.3 Å². The molecule has 3 aromatic rings. The smallest absolute Gasteiger partial charge is 0.276 e. The number of H-pyrrole nitrogens is 1. The summed E-state index contributed by atoms with van der Waals surface area (Å²) in [7, 11) is 0. The molecule has 0 radical (unpaired) electrons. The number of aryl methyl sites for hydroxylation is 1. The van der Waals surface area contributed by atoms with Gasteiger partial charge in [-0.2, -0.15) is 5.10 Å². The van der Waals surface area contributed by atoms with E-state index < -0.39 is 0 Å². The number of rotatable bonds is 2. The Morgan fingerprint density at radius 2 is 2.00 bits per heavy atom. The Balaban J connectivity index is 1.58. The zero-order valence-corrected chi connectivity index (χ0v) is 13.5. The maximum absolute atomic E-state index is 12.6. The average Bonchev–Trinajstić information content (AvgIpc) is 3.16. The molecule has 122 valence electrons. The molecule has 1 aromatic carbocycles. The Morgan fingerprint density at radius 1 is 1.21 bits per heavy atom. The van der Waals surface area contributed by atoms with Crippen LogP contribution in [0.3, 0.4) is 0 Å². The maximum Gasteiger partial charge on any atom is 0.276 e. The van der Waals surface area contributed by atoms with Gasteiger partial charge in [0.05, 0.1) is 5.69 Å². The van der Waals surface area contributed by atoms with Gasteiger partial charge in [0.25, 0.3) is 5.91 Å². The number of oxazole rings is 1. The standard InChI is InChI=1S/C18H18N4O2/c1-12-16(19-11-24-12)18(23)22-9-7-14-15(8-10-22)20-21-17(14)13-5-3-2-4-6-13/h2-6,11H,7-10H2,1H3,(H,20,21). The molecule has 1 aliphatic heterocycles. The molecule has 0 saturated carbocycles. The second kappa shape index (κ2) is 5.96. The first-order valence-electron chi connectivity index (χ1n) is 8.05. The van der Waals surface area contributed by atoms with Crippen molar-refractivity contribution in [3.8, 4) is 11.3 Å². The highest BCUT2D eigenvalue weighted by molar-refractivity contribution is 5.93. The van der Waals surface area contributed by atoms with Gasteiger partial charge in [0, 0.05) is 36.3 Å². The summed E-state index contributed by atoms with van der Waals surface area (Å²) in [5.74, 6) is 0.495. The highest BCUT2D eigenvalue weighted by atomic mass is 16.3. The minimum atomic E-state index is -0.0689. The number of carbonyl (C=O) groups is 1. The molecule has 0 bridgehead atoms. The van der Waals surface area contributed by atoms with Crippen LogP contribution in [0.5, 0.6) is 0 Å². The summed E-state index contributed by atoms with van der Waals surface area (Å²) in [4.78, 5) is 18.5. The van der Waals surface area contributed by atoms with Crippen molar-refractivity contribution in [2.24, 2.45) is 0 Å². The first-order chi connectivity index (χ1) is 11.7. The molecule has 0 aliphatic carbocycles. The number of hydrogen-bond donors (Lipinski definition) is 1. The number of amides is 1. The first kappa shape index (κ1) is 14.7. The van der Waals surface area contributed by atoms with E-state index in [1.807, 2.05) is 23.1 Å². The second-order valence-corrected chi connectivity index (χ2v) is 5.94. The van der Waals surface area contributed by atoms with Gasteiger partial charge in [0.1, 0.15) is 5.76 Å². The number of carbonyl (C=O) groups excluding carboxylic acids is 1. The third-order valence-electron chi connectivity index (χ3n) is 4.50. The fraction of sp³-hybridized carbons (Fsp3) is 0.278. The molecule has 6 nitrogen and oxygen atoms in total. The number of nitrogens with zero attached hydrogens (tertiary/aromatic N) is 3. The Labute approximate surface area is 139 Å². The van der Waals surface area contributed by atoms with Crippen molar-refractivity contribution in [3.63, 3.8) is 0 Å². The Hall–Kier alpha value is -2.89. The maximum atomic E-state index is 12.6. The summed E-state index contributed by atoms with van der Waals surface area (Å²) in [6, 6.07) is 10.1. The summed E-state index contributed by atoms with van der Waals surface area (Å²) in [6.45, 7) is 3.06. The minimum absolute atomic E-state index is 0.0689. The Kier molecular flexibility index (Phi) is 3.65. The van der Waals surface area contributed by atoms with Crippen molar-refractivity contribution in [3.05, 3.63) is 59.4 Å². The van der Waals surface area contributed by atoms with Crippen molar-refractivity contribution in [1.29, 1.82) is 0 Å². The normalized spacial score (nSPS) is 14.3.